The molecule has 114 valence electrons. The van der Waals surface area contributed by atoms with Crippen LogP contribution in [-0.2, 0) is 9.59 Å². The number of rotatable bonds is 4. The Labute approximate surface area is 124 Å². The fourth-order valence-electron chi connectivity index (χ4n) is 3.58. The maximum Gasteiger partial charge on any atom is 0.238 e. The summed E-state index contributed by atoms with van der Waals surface area (Å²) in [4.78, 5) is 24.1. The third-order valence-corrected chi connectivity index (χ3v) is 5.15. The van der Waals surface area contributed by atoms with Gasteiger partial charge in [0.05, 0.1) is 12.1 Å². The largest absolute Gasteiger partial charge is 0.356 e. The van der Waals surface area contributed by atoms with Gasteiger partial charge in [0.15, 0.2) is 0 Å². The lowest BCUT2D eigenvalue weighted by molar-refractivity contribution is -0.127. The third-order valence-electron chi connectivity index (χ3n) is 5.15. The normalized spacial score (nSPS) is 36.3. The van der Waals surface area contributed by atoms with Crippen molar-refractivity contribution in [1.29, 1.82) is 5.26 Å². The van der Waals surface area contributed by atoms with Crippen molar-refractivity contribution in [3.8, 4) is 6.07 Å². The van der Waals surface area contributed by atoms with Gasteiger partial charge in [0, 0.05) is 12.5 Å². The molecule has 3 rings (SSSR count). The van der Waals surface area contributed by atoms with Gasteiger partial charge >= 0.3 is 0 Å². The zero-order chi connectivity index (χ0) is 15.0. The van der Waals surface area contributed by atoms with Gasteiger partial charge in [-0.3, -0.25) is 9.59 Å². The Balaban J connectivity index is 1.64. The number of nitrogens with one attached hydrogen (secondary N) is 2. The maximum absolute atomic E-state index is 12.2. The van der Waals surface area contributed by atoms with Crippen molar-refractivity contribution in [1.82, 2.24) is 10.6 Å². The zero-order valence-corrected chi connectivity index (χ0v) is 12.1. The Morgan fingerprint density at radius 3 is 2.95 bits per heavy atom. The molecule has 6 heteroatoms. The van der Waals surface area contributed by atoms with Crippen LogP contribution >= 0.6 is 0 Å². The Bertz CT molecular complexity index is 496. The van der Waals surface area contributed by atoms with E-state index in [1.54, 1.807) is 0 Å². The predicted octanol–water partition coefficient (Wildman–Crippen LogP) is 0.0385. The van der Waals surface area contributed by atoms with E-state index < -0.39 is 11.6 Å². The first kappa shape index (κ1) is 14.3. The molecule has 4 N–H and O–H groups in total. The second kappa shape index (κ2) is 5.30. The number of hydrogen-bond acceptors (Lipinski definition) is 4. The van der Waals surface area contributed by atoms with Crippen molar-refractivity contribution in [3.05, 3.63) is 0 Å². The van der Waals surface area contributed by atoms with Gasteiger partial charge in [-0.1, -0.05) is 12.8 Å². The van der Waals surface area contributed by atoms with Crippen LogP contribution in [0.2, 0.25) is 0 Å². The van der Waals surface area contributed by atoms with Crippen LogP contribution in [0, 0.1) is 29.1 Å². The van der Waals surface area contributed by atoms with Crippen molar-refractivity contribution in [2.24, 2.45) is 23.5 Å². The van der Waals surface area contributed by atoms with Crippen LogP contribution in [0.25, 0.3) is 0 Å². The molecule has 0 bridgehead atoms. The van der Waals surface area contributed by atoms with E-state index in [0.717, 1.165) is 19.3 Å². The number of nitrogens with two attached hydrogens (primary N) is 1. The van der Waals surface area contributed by atoms with Crippen molar-refractivity contribution in [3.63, 3.8) is 0 Å². The van der Waals surface area contributed by atoms with Gasteiger partial charge in [-0.15, -0.1) is 0 Å². The van der Waals surface area contributed by atoms with E-state index in [9.17, 15) is 14.9 Å². The molecule has 0 spiro atoms. The van der Waals surface area contributed by atoms with E-state index >= 15 is 0 Å². The quantitative estimate of drug-likeness (QED) is 0.679. The fraction of sp³-hybridized carbons (Fsp3) is 0.800. The van der Waals surface area contributed by atoms with E-state index in [1.807, 2.05) is 0 Å². The van der Waals surface area contributed by atoms with Crippen molar-refractivity contribution >= 4 is 11.8 Å². The molecule has 2 amide bonds. The van der Waals surface area contributed by atoms with Crippen LogP contribution in [0.1, 0.15) is 38.5 Å². The summed E-state index contributed by atoms with van der Waals surface area (Å²) in [6.07, 6.45) is 4.78. The highest BCUT2D eigenvalue weighted by Gasteiger charge is 2.48. The number of carbonyl (C=O) groups excluding carboxylic acids is 2. The number of amides is 2. The SMILES string of the molecule is N#CC1(NC(=O)C(N)CC2CC2)CCC2CNC(=O)C2C1. The number of nitriles is 1. The smallest absolute Gasteiger partial charge is 0.238 e. The summed E-state index contributed by atoms with van der Waals surface area (Å²) in [6.45, 7) is 0.695. The van der Waals surface area contributed by atoms with Crippen LogP contribution < -0.4 is 16.4 Å². The average Bonchev–Trinajstić information content (AvgIpc) is 3.22. The molecule has 1 aliphatic heterocycles. The lowest BCUT2D eigenvalue weighted by Gasteiger charge is -2.37. The Kier molecular flexibility index (Phi) is 3.62. The minimum atomic E-state index is -0.929. The van der Waals surface area contributed by atoms with Crippen LogP contribution in [0.3, 0.4) is 0 Å². The molecule has 2 saturated carbocycles. The maximum atomic E-state index is 12.2. The van der Waals surface area contributed by atoms with Crippen LogP contribution in [-0.4, -0.2) is 29.9 Å². The molecule has 4 unspecified atom stereocenters. The monoisotopic (exact) mass is 290 g/mol. The van der Waals surface area contributed by atoms with E-state index in [4.69, 9.17) is 5.73 Å². The number of carbonyl (C=O) groups is 2. The van der Waals surface area contributed by atoms with Gasteiger partial charge in [-0.2, -0.15) is 5.26 Å². The molecule has 1 saturated heterocycles. The highest BCUT2D eigenvalue weighted by atomic mass is 16.2. The molecular weight excluding hydrogens is 268 g/mol. The van der Waals surface area contributed by atoms with Gasteiger partial charge in [-0.25, -0.2) is 0 Å². The molecule has 3 fully saturated rings. The van der Waals surface area contributed by atoms with Gasteiger partial charge < -0.3 is 16.4 Å². The average molecular weight is 290 g/mol. The Morgan fingerprint density at radius 1 is 1.52 bits per heavy atom. The first-order valence-electron chi connectivity index (χ1n) is 7.79. The number of nitrogens with zero attached hydrogens (tertiary/aromatic N) is 1. The molecule has 6 nitrogen and oxygen atoms in total. The molecular formula is C15H22N4O2. The summed E-state index contributed by atoms with van der Waals surface area (Å²) in [5.41, 5.74) is 4.99. The summed E-state index contributed by atoms with van der Waals surface area (Å²) < 4.78 is 0. The first-order valence-corrected chi connectivity index (χ1v) is 7.79. The first-order chi connectivity index (χ1) is 10.0. The van der Waals surface area contributed by atoms with E-state index in [2.05, 4.69) is 16.7 Å². The molecule has 21 heavy (non-hydrogen) atoms. The topological polar surface area (TPSA) is 108 Å². The number of hydrogen-bond donors (Lipinski definition) is 3. The van der Waals surface area contributed by atoms with Crippen LogP contribution in [0.5, 0.6) is 0 Å². The van der Waals surface area contributed by atoms with Crippen molar-refractivity contribution in [2.45, 2.75) is 50.1 Å². The zero-order valence-electron chi connectivity index (χ0n) is 12.1. The van der Waals surface area contributed by atoms with Gasteiger partial charge in [0.25, 0.3) is 0 Å². The number of fused-ring (bicyclic) bond motifs is 1. The lowest BCUT2D eigenvalue weighted by atomic mass is 9.71. The van der Waals surface area contributed by atoms with Crippen LogP contribution in [0.15, 0.2) is 0 Å². The molecule has 2 aliphatic carbocycles. The fourth-order valence-corrected chi connectivity index (χ4v) is 3.58. The van der Waals surface area contributed by atoms with E-state index in [0.29, 0.717) is 37.6 Å². The highest BCUT2D eigenvalue weighted by Crippen LogP contribution is 2.39. The van der Waals surface area contributed by atoms with E-state index in [-0.39, 0.29) is 17.7 Å². The van der Waals surface area contributed by atoms with Gasteiger partial charge in [0.1, 0.15) is 5.54 Å². The lowest BCUT2D eigenvalue weighted by Crippen LogP contribution is -2.56. The summed E-state index contributed by atoms with van der Waals surface area (Å²) in [6, 6.07) is 1.69. The molecule has 3 aliphatic rings. The summed E-state index contributed by atoms with van der Waals surface area (Å²) in [5, 5.41) is 15.2. The second-order valence-corrected chi connectivity index (χ2v) is 6.82. The minimum absolute atomic E-state index is 0.0100. The Hall–Kier alpha value is -1.61. The standard InChI is InChI=1S/C15H22N4O2/c16-8-15(19-14(21)12(17)5-9-1-2-9)4-3-10-7-18-13(20)11(10)6-15/h9-12H,1-7,17H2,(H,18,20)(H,19,21). The predicted molar refractivity (Wildman–Crippen MR) is 75.6 cm³/mol. The van der Waals surface area contributed by atoms with Gasteiger partial charge in [-0.05, 0) is 37.5 Å². The van der Waals surface area contributed by atoms with Crippen molar-refractivity contribution < 1.29 is 9.59 Å². The van der Waals surface area contributed by atoms with Crippen LogP contribution in [0.4, 0.5) is 0 Å². The summed E-state index contributed by atoms with van der Waals surface area (Å²) >= 11 is 0. The molecule has 4 atom stereocenters. The molecule has 0 aromatic heterocycles. The molecule has 0 radical (unpaired) electrons. The highest BCUT2D eigenvalue weighted by molar-refractivity contribution is 5.84. The third kappa shape index (κ3) is 2.88. The molecule has 0 aromatic carbocycles. The van der Waals surface area contributed by atoms with Crippen molar-refractivity contribution in [2.75, 3.05) is 6.54 Å². The Morgan fingerprint density at radius 2 is 2.29 bits per heavy atom. The molecule has 1 heterocycles. The summed E-state index contributed by atoms with van der Waals surface area (Å²) in [5.74, 6) is 0.477. The minimum Gasteiger partial charge on any atom is -0.356 e. The van der Waals surface area contributed by atoms with E-state index in [1.165, 1.54) is 0 Å². The van der Waals surface area contributed by atoms with Gasteiger partial charge in [0.2, 0.25) is 11.8 Å². The summed E-state index contributed by atoms with van der Waals surface area (Å²) in [7, 11) is 0. The molecule has 0 aromatic rings. The second-order valence-electron chi connectivity index (χ2n) is 6.82.